The molecule has 1 aliphatic rings. The highest BCUT2D eigenvalue weighted by atomic mass is 16.6. The van der Waals surface area contributed by atoms with Crippen LogP contribution >= 0.6 is 0 Å². The van der Waals surface area contributed by atoms with Crippen LogP contribution < -0.4 is 16.2 Å². The number of nitrogens with zero attached hydrogens (tertiary/aromatic N) is 5. The van der Waals surface area contributed by atoms with Crippen molar-refractivity contribution in [2.75, 3.05) is 4.90 Å². The van der Waals surface area contributed by atoms with E-state index in [0.29, 0.717) is 27.8 Å². The number of aromatic nitrogens is 4. The number of rotatable bonds is 7. The van der Waals surface area contributed by atoms with Gasteiger partial charge in [-0.25, -0.2) is 19.6 Å². The summed E-state index contributed by atoms with van der Waals surface area (Å²) in [5, 5.41) is 4.27. The molecule has 1 aromatic carbocycles. The maximum atomic E-state index is 13.6. The molecule has 47 heavy (non-hydrogen) atoms. The van der Waals surface area contributed by atoms with Crippen LogP contribution in [0.3, 0.4) is 0 Å². The van der Waals surface area contributed by atoms with Crippen LogP contribution in [0.15, 0.2) is 64.2 Å². The van der Waals surface area contributed by atoms with Crippen LogP contribution in [0.5, 0.6) is 0 Å². The second-order valence-electron chi connectivity index (χ2n) is 14.0. The minimum Gasteiger partial charge on any atom is -0.443 e. The van der Waals surface area contributed by atoms with Crippen LogP contribution in [0.25, 0.3) is 34.0 Å². The normalized spacial score (nSPS) is 14.7. The molecular weight excluding hydrogens is 600 g/mol. The lowest BCUT2D eigenvalue weighted by Gasteiger charge is -2.28. The predicted octanol–water partition coefficient (Wildman–Crippen LogP) is 7.29. The number of pyridine rings is 1. The molecule has 3 heterocycles. The number of anilines is 1. The van der Waals surface area contributed by atoms with Crippen molar-refractivity contribution in [2.24, 2.45) is 11.7 Å². The fraction of sp³-hybridized carbons (Fsp3) is 0.429. The summed E-state index contributed by atoms with van der Waals surface area (Å²) in [4.78, 5) is 50.1. The van der Waals surface area contributed by atoms with Gasteiger partial charge in [0.15, 0.2) is 17.3 Å². The first-order valence-electron chi connectivity index (χ1n) is 15.7. The fourth-order valence-electron chi connectivity index (χ4n) is 5.00. The third kappa shape index (κ3) is 7.94. The smallest absolute Gasteiger partial charge is 0.425 e. The first kappa shape index (κ1) is 33.5. The quantitative estimate of drug-likeness (QED) is 0.217. The van der Waals surface area contributed by atoms with Crippen molar-refractivity contribution < 1.29 is 23.6 Å². The molecule has 2 amide bonds. The number of amides is 2. The van der Waals surface area contributed by atoms with E-state index in [1.54, 1.807) is 64.4 Å². The molecule has 12 nitrogen and oxygen atoms in total. The van der Waals surface area contributed by atoms with E-state index in [9.17, 15) is 14.4 Å². The van der Waals surface area contributed by atoms with Crippen LogP contribution in [0.2, 0.25) is 0 Å². The maximum absolute atomic E-state index is 13.6. The van der Waals surface area contributed by atoms with E-state index in [-0.39, 0.29) is 34.9 Å². The molecule has 2 atom stereocenters. The summed E-state index contributed by atoms with van der Waals surface area (Å²) < 4.78 is 18.7. The van der Waals surface area contributed by atoms with Crippen LogP contribution in [0.1, 0.15) is 85.9 Å². The minimum absolute atomic E-state index is 0.0211. The van der Waals surface area contributed by atoms with Crippen molar-refractivity contribution in [1.29, 1.82) is 0 Å². The first-order chi connectivity index (χ1) is 22.0. The predicted molar refractivity (Wildman–Crippen MR) is 178 cm³/mol. The van der Waals surface area contributed by atoms with E-state index in [1.807, 2.05) is 38.1 Å². The number of hydrogen-bond acceptors (Lipinski definition) is 10. The summed E-state index contributed by atoms with van der Waals surface area (Å²) >= 11 is 0. The van der Waals surface area contributed by atoms with Crippen LogP contribution in [-0.4, -0.2) is 43.1 Å². The van der Waals surface area contributed by atoms with Gasteiger partial charge in [0.1, 0.15) is 16.9 Å². The Kier molecular flexibility index (Phi) is 9.09. The van der Waals surface area contributed by atoms with Gasteiger partial charge < -0.3 is 24.3 Å². The number of carbonyl (C=O) groups is 2. The van der Waals surface area contributed by atoms with Gasteiger partial charge in [-0.3, -0.25) is 4.79 Å². The Balaban J connectivity index is 1.68. The Morgan fingerprint density at radius 2 is 1.62 bits per heavy atom. The van der Waals surface area contributed by atoms with Gasteiger partial charge >= 0.3 is 12.2 Å². The Hall–Kier alpha value is -4.84. The van der Waals surface area contributed by atoms with Crippen molar-refractivity contribution in [2.45, 2.75) is 91.5 Å². The third-order valence-corrected chi connectivity index (χ3v) is 7.55. The van der Waals surface area contributed by atoms with Gasteiger partial charge in [-0.1, -0.05) is 23.4 Å². The minimum atomic E-state index is -1.01. The van der Waals surface area contributed by atoms with Gasteiger partial charge in [-0.2, -0.15) is 4.90 Å². The second kappa shape index (κ2) is 12.7. The monoisotopic (exact) mass is 642 g/mol. The molecule has 0 bridgehead atoms. The molecule has 5 rings (SSSR count). The summed E-state index contributed by atoms with van der Waals surface area (Å²) in [6.45, 7) is 14.0. The summed E-state index contributed by atoms with van der Waals surface area (Å²) in [5.74, 6) is 0.396. The zero-order valence-electron chi connectivity index (χ0n) is 28.1. The molecule has 248 valence electrons. The number of nitrogens with two attached hydrogens (primary N) is 1. The van der Waals surface area contributed by atoms with Crippen molar-refractivity contribution in [1.82, 2.24) is 19.7 Å². The average molecular weight is 643 g/mol. The molecule has 1 aliphatic carbocycles. The highest BCUT2D eigenvalue weighted by Gasteiger charge is 2.37. The van der Waals surface area contributed by atoms with Crippen molar-refractivity contribution in [3.63, 3.8) is 0 Å². The van der Waals surface area contributed by atoms with Gasteiger partial charge in [0, 0.05) is 41.5 Å². The average Bonchev–Trinajstić information content (AvgIpc) is 3.71. The SMILES string of the molecule is CC(N)c1cccc(-c2cc(-c3nc(-c4ccc(=O)n(C(C)C5CC5)c4)cnc3N(C(=O)OC(C)(C)C)C(=O)OC(C)(C)C)on2)c1. The summed E-state index contributed by atoms with van der Waals surface area (Å²) in [6, 6.07) is 12.2. The lowest BCUT2D eigenvalue weighted by Crippen LogP contribution is -2.44. The second-order valence-corrected chi connectivity index (χ2v) is 14.0. The Bertz CT molecular complexity index is 1820. The molecule has 2 N–H and O–H groups in total. The molecule has 0 spiro atoms. The molecule has 0 radical (unpaired) electrons. The van der Waals surface area contributed by atoms with Gasteiger partial charge in [0.05, 0.1) is 11.9 Å². The van der Waals surface area contributed by atoms with E-state index < -0.39 is 23.4 Å². The van der Waals surface area contributed by atoms with E-state index in [0.717, 1.165) is 24.0 Å². The van der Waals surface area contributed by atoms with Gasteiger partial charge in [0.2, 0.25) is 0 Å². The number of ether oxygens (including phenoxy) is 2. The van der Waals surface area contributed by atoms with Crippen LogP contribution in [0, 0.1) is 5.92 Å². The summed E-state index contributed by atoms with van der Waals surface area (Å²) in [5.41, 5.74) is 7.27. The van der Waals surface area contributed by atoms with E-state index >= 15 is 0 Å². The molecule has 12 heteroatoms. The molecule has 4 aromatic rings. The fourth-order valence-corrected chi connectivity index (χ4v) is 5.00. The third-order valence-electron chi connectivity index (χ3n) is 7.55. The topological polar surface area (TPSA) is 156 Å². The van der Waals surface area contributed by atoms with Gasteiger partial charge in [0.25, 0.3) is 5.56 Å². The number of carbonyl (C=O) groups excluding carboxylic acids is 2. The first-order valence-corrected chi connectivity index (χ1v) is 15.7. The molecule has 3 aromatic heterocycles. The highest BCUT2D eigenvalue weighted by molar-refractivity contribution is 6.10. The molecular formula is C35H42N6O6. The Labute approximate surface area is 273 Å². The maximum Gasteiger partial charge on any atom is 0.425 e. The van der Waals surface area contributed by atoms with Crippen molar-refractivity contribution in [3.8, 4) is 34.0 Å². The van der Waals surface area contributed by atoms with Crippen molar-refractivity contribution in [3.05, 3.63) is 70.8 Å². The Morgan fingerprint density at radius 3 is 2.21 bits per heavy atom. The zero-order valence-corrected chi connectivity index (χ0v) is 28.1. The number of benzene rings is 1. The van der Waals surface area contributed by atoms with Crippen molar-refractivity contribution >= 4 is 18.0 Å². The largest absolute Gasteiger partial charge is 0.443 e. The van der Waals surface area contributed by atoms with E-state index in [1.165, 1.54) is 12.3 Å². The number of hydrogen-bond donors (Lipinski definition) is 1. The zero-order chi connectivity index (χ0) is 34.3. The molecule has 1 saturated carbocycles. The number of imide groups is 1. The summed E-state index contributed by atoms with van der Waals surface area (Å²) in [7, 11) is 0. The highest BCUT2D eigenvalue weighted by Crippen LogP contribution is 2.39. The summed E-state index contributed by atoms with van der Waals surface area (Å²) in [6.07, 6.45) is 3.31. The molecule has 0 saturated heterocycles. The van der Waals surface area contributed by atoms with Crippen LogP contribution in [0.4, 0.5) is 15.4 Å². The molecule has 0 aliphatic heterocycles. The lowest BCUT2D eigenvalue weighted by molar-refractivity contribution is 0.0429. The van der Waals surface area contributed by atoms with Gasteiger partial charge in [-0.05, 0) is 91.8 Å². The van der Waals surface area contributed by atoms with Crippen LogP contribution in [-0.2, 0) is 9.47 Å². The Morgan fingerprint density at radius 1 is 0.957 bits per heavy atom. The van der Waals surface area contributed by atoms with E-state index in [2.05, 4.69) is 10.1 Å². The lowest BCUT2D eigenvalue weighted by atomic mass is 10.0. The molecule has 2 unspecified atom stereocenters. The van der Waals surface area contributed by atoms with Gasteiger partial charge in [-0.15, -0.1) is 0 Å². The van der Waals surface area contributed by atoms with E-state index in [4.69, 9.17) is 24.7 Å². The molecule has 1 fully saturated rings. The standard InChI is InChI=1S/C35H42N6O6/c1-20(36)23-10-9-11-24(16-23)26-17-28(47-39-26)30-31(41(32(43)45-34(3,4)5)33(44)46-35(6,7)8)37-18-27(38-30)25-14-15-29(42)40(19-25)21(2)22-12-13-22/h9-11,14-22H,12-13,36H2,1-8H3.